The number of hydrogen-bond acceptors (Lipinski definition) is 3. The second-order valence-corrected chi connectivity index (χ2v) is 6.24. The lowest BCUT2D eigenvalue weighted by Crippen LogP contribution is -2.14. The van der Waals surface area contributed by atoms with Crippen LogP contribution in [0.1, 0.15) is 5.56 Å². The molecule has 0 aliphatic heterocycles. The zero-order valence-electron chi connectivity index (χ0n) is 10.4. The summed E-state index contributed by atoms with van der Waals surface area (Å²) in [5, 5.41) is 9.30. The number of sulfonamides is 1. The van der Waals surface area contributed by atoms with Gasteiger partial charge < -0.3 is 5.11 Å². The molecule has 0 atom stereocenters. The van der Waals surface area contributed by atoms with Crippen LogP contribution >= 0.6 is 11.6 Å². The lowest BCUT2D eigenvalue weighted by molar-refractivity contribution is 0.475. The van der Waals surface area contributed by atoms with Gasteiger partial charge in [-0.3, -0.25) is 4.72 Å². The molecule has 106 valence electrons. The molecule has 0 saturated carbocycles. The number of nitrogens with one attached hydrogen (secondary N) is 1. The molecule has 0 unspecified atom stereocenters. The highest BCUT2D eigenvalue weighted by Gasteiger charge is 2.18. The van der Waals surface area contributed by atoms with Crippen molar-refractivity contribution in [1.82, 2.24) is 0 Å². The number of halogens is 2. The molecular weight excluding hydrogens is 305 g/mol. The molecule has 2 N–H and O–H groups in total. The maximum atomic E-state index is 13.2. The molecular formula is C13H11ClFNO3S. The average Bonchev–Trinajstić information content (AvgIpc) is 2.36. The third kappa shape index (κ3) is 3.02. The van der Waals surface area contributed by atoms with Crippen molar-refractivity contribution in [3.8, 4) is 5.75 Å². The number of rotatable bonds is 3. The minimum atomic E-state index is -3.93. The molecule has 2 aromatic rings. The summed E-state index contributed by atoms with van der Waals surface area (Å²) in [5.41, 5.74) is 0.597. The highest BCUT2D eigenvalue weighted by Crippen LogP contribution is 2.28. The molecule has 0 amide bonds. The van der Waals surface area contributed by atoms with E-state index in [0.717, 1.165) is 6.07 Å². The van der Waals surface area contributed by atoms with E-state index in [-0.39, 0.29) is 21.4 Å². The molecule has 2 rings (SSSR count). The largest absolute Gasteiger partial charge is 0.506 e. The first-order valence-electron chi connectivity index (χ1n) is 5.57. The molecule has 0 heterocycles. The monoisotopic (exact) mass is 315 g/mol. The predicted molar refractivity (Wildman–Crippen MR) is 75.1 cm³/mol. The van der Waals surface area contributed by atoms with Gasteiger partial charge in [-0.1, -0.05) is 17.7 Å². The van der Waals surface area contributed by atoms with Crippen LogP contribution in [-0.4, -0.2) is 13.5 Å². The van der Waals surface area contributed by atoms with Crippen LogP contribution in [0.4, 0.5) is 10.1 Å². The van der Waals surface area contributed by atoms with Gasteiger partial charge in [0.15, 0.2) is 0 Å². The van der Waals surface area contributed by atoms with Gasteiger partial charge >= 0.3 is 0 Å². The Balaban J connectivity index is 2.40. The summed E-state index contributed by atoms with van der Waals surface area (Å²) in [5.74, 6) is -0.795. The van der Waals surface area contributed by atoms with Gasteiger partial charge in [-0.2, -0.15) is 0 Å². The molecule has 0 bridgehead atoms. The van der Waals surface area contributed by atoms with Crippen molar-refractivity contribution in [3.63, 3.8) is 0 Å². The van der Waals surface area contributed by atoms with Gasteiger partial charge in [0.2, 0.25) is 0 Å². The van der Waals surface area contributed by atoms with Gasteiger partial charge in [-0.25, -0.2) is 12.8 Å². The van der Waals surface area contributed by atoms with Crippen molar-refractivity contribution in [2.24, 2.45) is 0 Å². The van der Waals surface area contributed by atoms with Crippen LogP contribution in [0.3, 0.4) is 0 Å². The SMILES string of the molecule is Cc1ccc(F)cc1S(=O)(=O)Nc1ccc(O)c(Cl)c1. The molecule has 0 fully saturated rings. The van der Waals surface area contributed by atoms with Gasteiger partial charge in [0.05, 0.1) is 15.6 Å². The average molecular weight is 316 g/mol. The van der Waals surface area contributed by atoms with E-state index in [0.29, 0.717) is 5.56 Å². The fourth-order valence-corrected chi connectivity index (χ4v) is 3.13. The standard InChI is InChI=1S/C13H11ClFNO3S/c1-8-2-3-9(15)6-13(8)20(18,19)16-10-4-5-12(17)11(14)7-10/h2-7,16-17H,1H3. The normalized spacial score (nSPS) is 11.3. The van der Waals surface area contributed by atoms with Crippen LogP contribution in [0.25, 0.3) is 0 Å². The molecule has 0 aliphatic carbocycles. The van der Waals surface area contributed by atoms with Gasteiger partial charge in [-0.15, -0.1) is 0 Å². The number of hydrogen-bond donors (Lipinski definition) is 2. The van der Waals surface area contributed by atoms with Crippen LogP contribution in [0.5, 0.6) is 5.75 Å². The summed E-state index contributed by atoms with van der Waals surface area (Å²) >= 11 is 5.70. The quantitative estimate of drug-likeness (QED) is 0.854. The van der Waals surface area contributed by atoms with Crippen molar-refractivity contribution in [2.45, 2.75) is 11.8 Å². The van der Waals surface area contributed by atoms with Gasteiger partial charge in [0.1, 0.15) is 11.6 Å². The molecule has 0 saturated heterocycles. The van der Waals surface area contributed by atoms with E-state index in [2.05, 4.69) is 4.72 Å². The lowest BCUT2D eigenvalue weighted by Gasteiger charge is -2.11. The van der Waals surface area contributed by atoms with Crippen LogP contribution < -0.4 is 4.72 Å². The van der Waals surface area contributed by atoms with Crippen molar-refractivity contribution in [2.75, 3.05) is 4.72 Å². The summed E-state index contributed by atoms with van der Waals surface area (Å²) in [6, 6.07) is 7.40. The van der Waals surface area contributed by atoms with Crippen molar-refractivity contribution in [1.29, 1.82) is 0 Å². The van der Waals surface area contributed by atoms with Crippen LogP contribution in [0, 0.1) is 12.7 Å². The Bertz CT molecular complexity index is 762. The van der Waals surface area contributed by atoms with Gasteiger partial charge in [0, 0.05) is 0 Å². The third-order valence-electron chi connectivity index (χ3n) is 2.64. The molecule has 0 aliphatic rings. The van der Waals surface area contributed by atoms with E-state index in [1.165, 1.54) is 30.3 Å². The lowest BCUT2D eigenvalue weighted by atomic mass is 10.2. The third-order valence-corrected chi connectivity index (χ3v) is 4.47. The fraction of sp³-hybridized carbons (Fsp3) is 0.0769. The van der Waals surface area contributed by atoms with Crippen LogP contribution in [0.15, 0.2) is 41.3 Å². The molecule has 7 heteroatoms. The Morgan fingerprint density at radius 2 is 1.90 bits per heavy atom. The van der Waals surface area contributed by atoms with Gasteiger partial charge in [0.25, 0.3) is 10.0 Å². The minimum Gasteiger partial charge on any atom is -0.506 e. The molecule has 4 nitrogen and oxygen atoms in total. The van der Waals surface area contributed by atoms with Crippen molar-refractivity contribution < 1.29 is 17.9 Å². The summed E-state index contributed by atoms with van der Waals surface area (Å²) in [4.78, 5) is -0.151. The van der Waals surface area contributed by atoms with Crippen molar-refractivity contribution >= 4 is 27.3 Å². The van der Waals surface area contributed by atoms with Crippen LogP contribution in [-0.2, 0) is 10.0 Å². The Labute approximate surface area is 120 Å². The number of aromatic hydroxyl groups is 1. The second-order valence-electron chi connectivity index (χ2n) is 4.18. The van der Waals surface area contributed by atoms with E-state index >= 15 is 0 Å². The number of anilines is 1. The Morgan fingerprint density at radius 1 is 1.20 bits per heavy atom. The summed E-state index contributed by atoms with van der Waals surface area (Å²) in [6.45, 7) is 1.57. The summed E-state index contributed by atoms with van der Waals surface area (Å²) < 4.78 is 39.8. The first-order chi connectivity index (χ1) is 9.29. The summed E-state index contributed by atoms with van der Waals surface area (Å²) in [7, 11) is -3.93. The maximum Gasteiger partial charge on any atom is 0.262 e. The highest BCUT2D eigenvalue weighted by molar-refractivity contribution is 7.92. The summed E-state index contributed by atoms with van der Waals surface area (Å²) in [6.07, 6.45) is 0. The zero-order valence-corrected chi connectivity index (χ0v) is 12.0. The van der Waals surface area contributed by atoms with E-state index in [1.54, 1.807) is 6.92 Å². The second kappa shape index (κ2) is 5.30. The van der Waals surface area contributed by atoms with Gasteiger partial charge in [-0.05, 0) is 42.8 Å². The minimum absolute atomic E-state index is 0.0150. The van der Waals surface area contributed by atoms with Crippen LogP contribution in [0.2, 0.25) is 5.02 Å². The fourth-order valence-electron chi connectivity index (χ4n) is 1.64. The Kier molecular flexibility index (Phi) is 3.87. The molecule has 20 heavy (non-hydrogen) atoms. The first kappa shape index (κ1) is 14.6. The van der Waals surface area contributed by atoms with E-state index in [1.807, 2.05) is 0 Å². The number of aryl methyl sites for hydroxylation is 1. The van der Waals surface area contributed by atoms with E-state index < -0.39 is 15.8 Å². The van der Waals surface area contributed by atoms with E-state index in [9.17, 15) is 17.9 Å². The molecule has 2 aromatic carbocycles. The predicted octanol–water partition coefficient (Wildman–Crippen LogP) is 3.29. The number of phenols is 1. The highest BCUT2D eigenvalue weighted by atomic mass is 35.5. The first-order valence-corrected chi connectivity index (χ1v) is 7.43. The Hall–Kier alpha value is -1.79. The Morgan fingerprint density at radius 3 is 2.55 bits per heavy atom. The van der Waals surface area contributed by atoms with Crippen molar-refractivity contribution in [3.05, 3.63) is 52.8 Å². The maximum absolute atomic E-state index is 13.2. The zero-order chi connectivity index (χ0) is 14.9. The smallest absolute Gasteiger partial charge is 0.262 e. The van der Waals surface area contributed by atoms with E-state index in [4.69, 9.17) is 11.6 Å². The molecule has 0 spiro atoms. The topological polar surface area (TPSA) is 66.4 Å². The molecule has 0 radical (unpaired) electrons. The molecule has 0 aromatic heterocycles. The number of benzene rings is 2. The number of phenolic OH excluding ortho intramolecular Hbond substituents is 1.